The number of phenolic OH excluding ortho intramolecular Hbond substituents is 1. The third-order valence-corrected chi connectivity index (χ3v) is 2.50. The highest BCUT2D eigenvalue weighted by Gasteiger charge is 2.19. The second-order valence-corrected chi connectivity index (χ2v) is 3.66. The first-order valence-electron chi connectivity index (χ1n) is 4.92. The number of benzene rings is 1. The average Bonchev–Trinajstić information content (AvgIpc) is 2.75. The molecule has 0 amide bonds. The van der Waals surface area contributed by atoms with Crippen molar-refractivity contribution in [1.29, 1.82) is 0 Å². The largest absolute Gasteiger partial charge is 0.507 e. The van der Waals surface area contributed by atoms with Gasteiger partial charge in [-0.05, 0) is 19.4 Å². The summed E-state index contributed by atoms with van der Waals surface area (Å²) in [4.78, 5) is 3.57. The van der Waals surface area contributed by atoms with Gasteiger partial charge in [0.15, 0.2) is 0 Å². The van der Waals surface area contributed by atoms with Crippen LogP contribution in [-0.4, -0.2) is 15.2 Å². The number of aryl methyl sites for hydroxylation is 1. The van der Waals surface area contributed by atoms with Gasteiger partial charge in [0.2, 0.25) is 5.82 Å². The van der Waals surface area contributed by atoms with E-state index in [1.54, 1.807) is 26.0 Å². The van der Waals surface area contributed by atoms with Gasteiger partial charge in [0.05, 0.1) is 0 Å². The summed E-state index contributed by atoms with van der Waals surface area (Å²) in [6.07, 6.45) is -2.80. The minimum absolute atomic E-state index is 0.0492. The van der Waals surface area contributed by atoms with Crippen LogP contribution in [0.25, 0.3) is 11.4 Å². The lowest BCUT2D eigenvalue weighted by atomic mass is 10.0. The maximum Gasteiger partial charge on any atom is 0.315 e. The topological polar surface area (TPSA) is 59.2 Å². The van der Waals surface area contributed by atoms with Gasteiger partial charge in [-0.1, -0.05) is 17.3 Å². The molecule has 90 valence electrons. The van der Waals surface area contributed by atoms with Gasteiger partial charge >= 0.3 is 6.43 Å². The Morgan fingerprint density at radius 3 is 2.59 bits per heavy atom. The van der Waals surface area contributed by atoms with Crippen molar-refractivity contribution < 1.29 is 18.4 Å². The lowest BCUT2D eigenvalue weighted by Crippen LogP contribution is -1.89. The van der Waals surface area contributed by atoms with Crippen molar-refractivity contribution in [2.24, 2.45) is 0 Å². The van der Waals surface area contributed by atoms with Gasteiger partial charge in [-0.25, -0.2) is 0 Å². The number of alkyl halides is 2. The monoisotopic (exact) mass is 240 g/mol. The number of hydrogen-bond donors (Lipinski definition) is 1. The highest BCUT2D eigenvalue weighted by Crippen LogP contribution is 2.31. The zero-order valence-corrected chi connectivity index (χ0v) is 9.24. The number of aromatic nitrogens is 2. The number of aromatic hydroxyl groups is 1. The number of phenols is 1. The highest BCUT2D eigenvalue weighted by atomic mass is 19.3. The normalized spacial score (nSPS) is 11.1. The van der Waals surface area contributed by atoms with E-state index in [4.69, 9.17) is 0 Å². The van der Waals surface area contributed by atoms with Gasteiger partial charge in [0.25, 0.3) is 5.89 Å². The van der Waals surface area contributed by atoms with Crippen LogP contribution >= 0.6 is 0 Å². The van der Waals surface area contributed by atoms with Gasteiger partial charge in [0.1, 0.15) is 5.75 Å². The standard InChI is InChI=1S/C11H10F2N2O2/c1-5-3-4-7(6(2)8(5)16)10-14-11(9(12)13)17-15-10/h3-4,9,16H,1-2H3. The molecule has 0 spiro atoms. The van der Waals surface area contributed by atoms with Crippen LogP contribution in [0.15, 0.2) is 16.7 Å². The molecular weight excluding hydrogens is 230 g/mol. The Morgan fingerprint density at radius 1 is 1.29 bits per heavy atom. The summed E-state index contributed by atoms with van der Waals surface area (Å²) in [6.45, 7) is 3.41. The second-order valence-electron chi connectivity index (χ2n) is 3.66. The van der Waals surface area contributed by atoms with Crippen LogP contribution < -0.4 is 0 Å². The number of hydrogen-bond acceptors (Lipinski definition) is 4. The van der Waals surface area contributed by atoms with Crippen LogP contribution in [0.4, 0.5) is 8.78 Å². The fourth-order valence-electron chi connectivity index (χ4n) is 1.51. The molecule has 6 heteroatoms. The fraction of sp³-hybridized carbons (Fsp3) is 0.273. The maximum absolute atomic E-state index is 12.3. The fourth-order valence-corrected chi connectivity index (χ4v) is 1.51. The molecule has 0 radical (unpaired) electrons. The van der Waals surface area contributed by atoms with Crippen molar-refractivity contribution in [2.75, 3.05) is 0 Å². The van der Waals surface area contributed by atoms with Crippen LogP contribution in [0.2, 0.25) is 0 Å². The van der Waals surface area contributed by atoms with Gasteiger partial charge in [-0.3, -0.25) is 0 Å². The molecule has 0 fully saturated rings. The van der Waals surface area contributed by atoms with E-state index in [9.17, 15) is 13.9 Å². The first-order valence-corrected chi connectivity index (χ1v) is 4.92. The molecule has 0 aliphatic carbocycles. The quantitative estimate of drug-likeness (QED) is 0.876. The number of rotatable bonds is 2. The summed E-state index contributed by atoms with van der Waals surface area (Å²) in [5.41, 5.74) is 1.71. The predicted octanol–water partition coefficient (Wildman–Crippen LogP) is 3.00. The molecule has 2 rings (SSSR count). The van der Waals surface area contributed by atoms with E-state index >= 15 is 0 Å². The minimum atomic E-state index is -2.80. The summed E-state index contributed by atoms with van der Waals surface area (Å²) in [5, 5.41) is 13.2. The lowest BCUT2D eigenvalue weighted by molar-refractivity contribution is 0.106. The molecule has 0 saturated heterocycles. The van der Waals surface area contributed by atoms with Crippen LogP contribution in [0.3, 0.4) is 0 Å². The molecule has 0 atom stereocenters. The van der Waals surface area contributed by atoms with E-state index in [-0.39, 0.29) is 11.6 Å². The molecule has 1 heterocycles. The van der Waals surface area contributed by atoms with E-state index in [0.717, 1.165) is 0 Å². The Balaban J connectivity index is 2.49. The zero-order chi connectivity index (χ0) is 12.6. The van der Waals surface area contributed by atoms with Crippen molar-refractivity contribution in [3.8, 4) is 17.1 Å². The van der Waals surface area contributed by atoms with E-state index in [1.165, 1.54) is 0 Å². The highest BCUT2D eigenvalue weighted by molar-refractivity contribution is 5.64. The van der Waals surface area contributed by atoms with Crippen molar-refractivity contribution in [1.82, 2.24) is 10.1 Å². The maximum atomic E-state index is 12.3. The SMILES string of the molecule is Cc1ccc(-c2noc(C(F)F)n2)c(C)c1O. The first-order chi connectivity index (χ1) is 8.00. The van der Waals surface area contributed by atoms with E-state index in [0.29, 0.717) is 16.7 Å². The van der Waals surface area contributed by atoms with Crippen LogP contribution in [0.5, 0.6) is 5.75 Å². The number of nitrogens with zero attached hydrogens (tertiary/aromatic N) is 2. The smallest absolute Gasteiger partial charge is 0.315 e. The molecule has 1 N–H and O–H groups in total. The predicted molar refractivity (Wildman–Crippen MR) is 55.8 cm³/mol. The number of halogens is 2. The van der Waals surface area contributed by atoms with E-state index in [1.807, 2.05) is 0 Å². The molecule has 1 aromatic heterocycles. The molecule has 0 aliphatic rings. The van der Waals surface area contributed by atoms with Crippen molar-refractivity contribution in [3.63, 3.8) is 0 Å². The van der Waals surface area contributed by atoms with Gasteiger partial charge < -0.3 is 9.63 Å². The molecule has 1 aromatic carbocycles. The minimum Gasteiger partial charge on any atom is -0.507 e. The van der Waals surface area contributed by atoms with Gasteiger partial charge in [-0.15, -0.1) is 0 Å². The summed E-state index contributed by atoms with van der Waals surface area (Å²) in [5.74, 6) is -0.571. The molecule has 0 bridgehead atoms. The third-order valence-electron chi connectivity index (χ3n) is 2.50. The lowest BCUT2D eigenvalue weighted by Gasteiger charge is -2.06. The van der Waals surface area contributed by atoms with Crippen LogP contribution in [-0.2, 0) is 0 Å². The average molecular weight is 240 g/mol. The molecule has 0 aliphatic heterocycles. The van der Waals surface area contributed by atoms with E-state index < -0.39 is 12.3 Å². The Morgan fingerprint density at radius 2 is 2.00 bits per heavy atom. The summed E-state index contributed by atoms with van der Waals surface area (Å²) >= 11 is 0. The summed E-state index contributed by atoms with van der Waals surface area (Å²) in [6, 6.07) is 3.32. The van der Waals surface area contributed by atoms with Crippen molar-refractivity contribution in [3.05, 3.63) is 29.2 Å². The molecule has 0 unspecified atom stereocenters. The summed E-state index contributed by atoms with van der Waals surface area (Å²) < 4.78 is 29.0. The van der Waals surface area contributed by atoms with Crippen molar-refractivity contribution in [2.45, 2.75) is 20.3 Å². The van der Waals surface area contributed by atoms with Gasteiger partial charge in [0, 0.05) is 11.1 Å². The first kappa shape index (κ1) is 11.5. The Kier molecular flexibility index (Phi) is 2.79. The Bertz CT molecular complexity index is 552. The van der Waals surface area contributed by atoms with E-state index in [2.05, 4.69) is 14.7 Å². The molecular formula is C11H10F2N2O2. The van der Waals surface area contributed by atoms with Crippen molar-refractivity contribution >= 4 is 0 Å². The van der Waals surface area contributed by atoms with Gasteiger partial charge in [-0.2, -0.15) is 13.8 Å². The van der Waals surface area contributed by atoms with Crippen LogP contribution in [0.1, 0.15) is 23.4 Å². The zero-order valence-electron chi connectivity index (χ0n) is 9.24. The molecule has 4 nitrogen and oxygen atoms in total. The molecule has 2 aromatic rings. The Hall–Kier alpha value is -1.98. The van der Waals surface area contributed by atoms with Crippen LogP contribution in [0, 0.1) is 13.8 Å². The third kappa shape index (κ3) is 1.98. The second kappa shape index (κ2) is 4.12. The summed E-state index contributed by atoms with van der Waals surface area (Å²) in [7, 11) is 0. The molecule has 0 saturated carbocycles. The Labute approximate surface area is 95.9 Å². The molecule has 17 heavy (non-hydrogen) atoms.